The van der Waals surface area contributed by atoms with E-state index in [1.165, 1.54) is 4.90 Å². The molecular formula is C15H14BrNO3S2. The van der Waals surface area contributed by atoms with Gasteiger partial charge < -0.3 is 5.11 Å². The lowest BCUT2D eigenvalue weighted by atomic mass is 10.0. The Morgan fingerprint density at radius 1 is 1.45 bits per heavy atom. The number of amides is 1. The van der Waals surface area contributed by atoms with E-state index in [4.69, 9.17) is 12.2 Å². The number of hydrogen-bond donors (Lipinski definition) is 1. The van der Waals surface area contributed by atoms with Crippen molar-refractivity contribution in [3.8, 4) is 0 Å². The number of halogens is 1. The van der Waals surface area contributed by atoms with Gasteiger partial charge in [-0.05, 0) is 29.7 Å². The first-order chi connectivity index (χ1) is 10.3. The minimum atomic E-state index is -1.05. The Labute approximate surface area is 146 Å². The molecule has 0 aromatic heterocycles. The molecule has 116 valence electrons. The zero-order valence-electron chi connectivity index (χ0n) is 11.9. The Kier molecular flexibility index (Phi) is 5.41. The van der Waals surface area contributed by atoms with Crippen LogP contribution in [0, 0.1) is 5.92 Å². The number of carboxylic acid groups (broad SMARTS) is 1. The van der Waals surface area contributed by atoms with Crippen molar-refractivity contribution >= 4 is 62.2 Å². The lowest BCUT2D eigenvalue weighted by molar-refractivity contribution is -0.146. The number of hydrogen-bond acceptors (Lipinski definition) is 4. The van der Waals surface area contributed by atoms with Gasteiger partial charge in [0.25, 0.3) is 5.91 Å². The zero-order valence-corrected chi connectivity index (χ0v) is 15.2. The molecule has 1 atom stereocenters. The van der Waals surface area contributed by atoms with Crippen molar-refractivity contribution in [1.82, 2.24) is 4.90 Å². The molecule has 22 heavy (non-hydrogen) atoms. The number of carbonyl (C=O) groups excluding carboxylic acids is 1. The molecule has 1 aromatic carbocycles. The average molecular weight is 400 g/mol. The van der Waals surface area contributed by atoms with Crippen molar-refractivity contribution in [3.05, 3.63) is 39.2 Å². The highest BCUT2D eigenvalue weighted by Gasteiger charge is 2.41. The Bertz CT molecular complexity index is 673. The summed E-state index contributed by atoms with van der Waals surface area (Å²) in [4.78, 5) is 25.6. The van der Waals surface area contributed by atoms with Gasteiger partial charge in [-0.25, -0.2) is 4.79 Å². The maximum absolute atomic E-state index is 12.5. The van der Waals surface area contributed by atoms with E-state index in [1.54, 1.807) is 19.9 Å². The summed E-state index contributed by atoms with van der Waals surface area (Å²) in [5.41, 5.74) is 0.853. The highest BCUT2D eigenvalue weighted by Crippen LogP contribution is 2.35. The summed E-state index contributed by atoms with van der Waals surface area (Å²) in [6, 6.07) is 6.56. The Hall–Kier alpha value is -1.18. The quantitative estimate of drug-likeness (QED) is 0.616. The molecule has 0 radical (unpaired) electrons. The van der Waals surface area contributed by atoms with Crippen LogP contribution >= 0.6 is 39.9 Å². The number of rotatable bonds is 4. The third-order valence-corrected chi connectivity index (χ3v) is 4.96. The smallest absolute Gasteiger partial charge is 0.327 e. The summed E-state index contributed by atoms with van der Waals surface area (Å²) in [5, 5.41) is 9.36. The molecule has 1 aliphatic heterocycles. The van der Waals surface area contributed by atoms with Crippen molar-refractivity contribution in [2.24, 2.45) is 5.92 Å². The fourth-order valence-electron chi connectivity index (χ4n) is 2.16. The first-order valence-electron chi connectivity index (χ1n) is 6.56. The molecule has 0 unspecified atom stereocenters. The van der Waals surface area contributed by atoms with Gasteiger partial charge in [0.1, 0.15) is 10.4 Å². The normalized spacial score (nSPS) is 18.4. The minimum Gasteiger partial charge on any atom is -0.480 e. The maximum Gasteiger partial charge on any atom is 0.327 e. The molecule has 1 fully saturated rings. The van der Waals surface area contributed by atoms with Crippen LogP contribution in [0.25, 0.3) is 6.08 Å². The van der Waals surface area contributed by atoms with Crippen molar-refractivity contribution in [2.45, 2.75) is 19.9 Å². The highest BCUT2D eigenvalue weighted by atomic mass is 79.9. The molecule has 1 aromatic rings. The van der Waals surface area contributed by atoms with Gasteiger partial charge in [0.05, 0.1) is 4.91 Å². The molecule has 2 rings (SSSR count). The fourth-order valence-corrected chi connectivity index (χ4v) is 3.91. The second-order valence-corrected chi connectivity index (χ2v) is 7.73. The molecule has 7 heteroatoms. The molecule has 4 nitrogen and oxygen atoms in total. The number of thiocarbonyl (C=S) groups is 1. The minimum absolute atomic E-state index is 0.231. The van der Waals surface area contributed by atoms with E-state index in [-0.39, 0.29) is 16.1 Å². The molecule has 1 amide bonds. The van der Waals surface area contributed by atoms with E-state index >= 15 is 0 Å². The van der Waals surface area contributed by atoms with Crippen LogP contribution < -0.4 is 0 Å². The van der Waals surface area contributed by atoms with Crippen LogP contribution in [0.15, 0.2) is 33.6 Å². The van der Waals surface area contributed by atoms with Gasteiger partial charge in [0.15, 0.2) is 0 Å². The third-order valence-electron chi connectivity index (χ3n) is 3.13. The van der Waals surface area contributed by atoms with Gasteiger partial charge in [-0.3, -0.25) is 9.69 Å². The van der Waals surface area contributed by atoms with Gasteiger partial charge in [0, 0.05) is 4.47 Å². The van der Waals surface area contributed by atoms with Crippen LogP contribution in [-0.2, 0) is 9.59 Å². The van der Waals surface area contributed by atoms with E-state index in [2.05, 4.69) is 15.9 Å². The Morgan fingerprint density at radius 3 is 2.68 bits per heavy atom. The van der Waals surface area contributed by atoms with E-state index in [0.717, 1.165) is 21.8 Å². The lowest BCUT2D eigenvalue weighted by Gasteiger charge is -2.26. The fraction of sp³-hybridized carbons (Fsp3) is 0.267. The standard InChI is InChI=1S/C15H14BrNO3S2/c1-8(2)12(14(19)20)17-13(18)11(22-15(17)21)7-9-4-3-5-10(16)6-9/h3-8,12H,1-2H3,(H,19,20)/b11-7-/t12-/m0/s1. The van der Waals surface area contributed by atoms with E-state index < -0.39 is 12.0 Å². The third kappa shape index (κ3) is 3.59. The van der Waals surface area contributed by atoms with Crippen LogP contribution in [0.4, 0.5) is 0 Å². The molecule has 1 saturated heterocycles. The number of nitrogens with zero attached hydrogens (tertiary/aromatic N) is 1. The van der Waals surface area contributed by atoms with Gasteiger partial charge in [0.2, 0.25) is 0 Å². The monoisotopic (exact) mass is 399 g/mol. The predicted octanol–water partition coefficient (Wildman–Crippen LogP) is 3.76. The number of carboxylic acids is 1. The number of aliphatic carboxylic acids is 1. The summed E-state index contributed by atoms with van der Waals surface area (Å²) in [6.45, 7) is 3.52. The van der Waals surface area contributed by atoms with Crippen LogP contribution in [0.5, 0.6) is 0 Å². The molecule has 0 spiro atoms. The number of benzene rings is 1. The summed E-state index contributed by atoms with van der Waals surface area (Å²) >= 11 is 9.72. The molecule has 0 saturated carbocycles. The molecule has 1 heterocycles. The number of thioether (sulfide) groups is 1. The van der Waals surface area contributed by atoms with Crippen molar-refractivity contribution in [2.75, 3.05) is 0 Å². The molecule has 1 N–H and O–H groups in total. The predicted molar refractivity (Wildman–Crippen MR) is 95.4 cm³/mol. The van der Waals surface area contributed by atoms with Crippen LogP contribution in [0.2, 0.25) is 0 Å². The van der Waals surface area contributed by atoms with E-state index in [9.17, 15) is 14.7 Å². The molecule has 1 aliphatic rings. The average Bonchev–Trinajstić information content (AvgIpc) is 2.66. The first-order valence-corrected chi connectivity index (χ1v) is 8.58. The molecule has 0 bridgehead atoms. The van der Waals surface area contributed by atoms with Gasteiger partial charge in [-0.15, -0.1) is 0 Å². The zero-order chi connectivity index (χ0) is 16.4. The number of carbonyl (C=O) groups is 2. The highest BCUT2D eigenvalue weighted by molar-refractivity contribution is 9.10. The Balaban J connectivity index is 2.34. The second-order valence-electron chi connectivity index (χ2n) is 5.13. The largest absolute Gasteiger partial charge is 0.480 e. The summed E-state index contributed by atoms with van der Waals surface area (Å²) in [7, 11) is 0. The van der Waals surface area contributed by atoms with Crippen LogP contribution in [0.3, 0.4) is 0 Å². The van der Waals surface area contributed by atoms with Crippen LogP contribution in [-0.4, -0.2) is 32.2 Å². The van der Waals surface area contributed by atoms with Crippen molar-refractivity contribution < 1.29 is 14.7 Å². The second kappa shape index (κ2) is 6.93. The summed E-state index contributed by atoms with van der Waals surface area (Å²) in [5.74, 6) is -1.63. The van der Waals surface area contributed by atoms with Crippen molar-refractivity contribution in [3.63, 3.8) is 0 Å². The first kappa shape index (κ1) is 17.2. The molecular weight excluding hydrogens is 386 g/mol. The van der Waals surface area contributed by atoms with Gasteiger partial charge >= 0.3 is 5.97 Å². The lowest BCUT2D eigenvalue weighted by Crippen LogP contribution is -2.47. The summed E-state index contributed by atoms with van der Waals surface area (Å²) < 4.78 is 1.19. The summed E-state index contributed by atoms with van der Waals surface area (Å²) in [6.07, 6.45) is 1.73. The van der Waals surface area contributed by atoms with Gasteiger partial charge in [-0.2, -0.15) is 0 Å². The SMILES string of the molecule is CC(C)[C@@H](C(=O)O)N1C(=O)/C(=C/c2cccc(Br)c2)SC1=S. The van der Waals surface area contributed by atoms with Crippen LogP contribution in [0.1, 0.15) is 19.4 Å². The Morgan fingerprint density at radius 2 is 2.14 bits per heavy atom. The maximum atomic E-state index is 12.5. The van der Waals surface area contributed by atoms with E-state index in [0.29, 0.717) is 4.91 Å². The van der Waals surface area contributed by atoms with Gasteiger partial charge in [-0.1, -0.05) is 65.9 Å². The topological polar surface area (TPSA) is 57.6 Å². The molecule has 0 aliphatic carbocycles. The van der Waals surface area contributed by atoms with E-state index in [1.807, 2.05) is 24.3 Å². The van der Waals surface area contributed by atoms with Crippen molar-refractivity contribution in [1.29, 1.82) is 0 Å².